The number of ether oxygens (including phenoxy) is 2. The Balaban J connectivity index is 1.38. The van der Waals surface area contributed by atoms with Gasteiger partial charge in [-0.2, -0.15) is 0 Å². The predicted octanol–water partition coefficient (Wildman–Crippen LogP) is 3.66. The van der Waals surface area contributed by atoms with Gasteiger partial charge in [0.2, 0.25) is 6.10 Å². The van der Waals surface area contributed by atoms with Crippen molar-refractivity contribution in [1.82, 2.24) is 9.55 Å². The predicted molar refractivity (Wildman–Crippen MR) is 106 cm³/mol. The summed E-state index contributed by atoms with van der Waals surface area (Å²) in [5, 5.41) is 3.00. The van der Waals surface area contributed by atoms with Crippen molar-refractivity contribution in [3.8, 4) is 22.8 Å². The second-order valence-corrected chi connectivity index (χ2v) is 7.09. The van der Waals surface area contributed by atoms with Crippen LogP contribution in [-0.4, -0.2) is 28.2 Å². The summed E-state index contributed by atoms with van der Waals surface area (Å²) in [7, 11) is 0. The Morgan fingerprint density at radius 1 is 1.07 bits per heavy atom. The number of imidazole rings is 1. The molecule has 2 aromatic carbocycles. The summed E-state index contributed by atoms with van der Waals surface area (Å²) in [5.74, 6) is 2.13. The molecule has 1 N–H and O–H groups in total. The van der Waals surface area contributed by atoms with Crippen LogP contribution < -0.4 is 14.8 Å². The lowest BCUT2D eigenvalue weighted by atomic mass is 10.1. The zero-order valence-electron chi connectivity index (χ0n) is 15.4. The average molecular weight is 375 g/mol. The molecule has 0 spiro atoms. The molecule has 3 heterocycles. The van der Waals surface area contributed by atoms with Crippen LogP contribution in [0.25, 0.3) is 11.3 Å². The van der Waals surface area contributed by atoms with Crippen LogP contribution >= 0.6 is 0 Å². The Kier molecular flexibility index (Phi) is 4.24. The maximum Gasteiger partial charge on any atom is 0.269 e. The highest BCUT2D eigenvalue weighted by atomic mass is 16.6. The van der Waals surface area contributed by atoms with Crippen LogP contribution in [0.1, 0.15) is 18.7 Å². The third kappa shape index (κ3) is 3.11. The number of aryl methyl sites for hydroxylation is 2. The third-order valence-corrected chi connectivity index (χ3v) is 5.17. The van der Waals surface area contributed by atoms with Crippen molar-refractivity contribution < 1.29 is 14.3 Å². The van der Waals surface area contributed by atoms with Gasteiger partial charge in [-0.1, -0.05) is 30.3 Å². The zero-order valence-corrected chi connectivity index (χ0v) is 15.4. The van der Waals surface area contributed by atoms with E-state index in [1.165, 1.54) is 12.8 Å². The number of fused-ring (bicyclic) bond motifs is 2. The first-order valence-electron chi connectivity index (χ1n) is 9.63. The lowest BCUT2D eigenvalue weighted by Gasteiger charge is -2.25. The van der Waals surface area contributed by atoms with Gasteiger partial charge in [-0.25, -0.2) is 4.98 Å². The van der Waals surface area contributed by atoms with Gasteiger partial charge in [-0.15, -0.1) is 0 Å². The highest BCUT2D eigenvalue weighted by Gasteiger charge is 2.28. The van der Waals surface area contributed by atoms with Crippen molar-refractivity contribution in [1.29, 1.82) is 0 Å². The standard InChI is InChI=1S/C22H21N3O3/c26-22(20-14-27-18-9-3-4-10-19(18)28-20)24-16-8-2-1-7-15(16)17-13-25-12-6-5-11-21(25)23-17/h1-4,7-10,13,20H,5-6,11-12,14H2,(H,24,26). The fraction of sp³-hybridized carbons (Fsp3) is 0.273. The lowest BCUT2D eigenvalue weighted by Crippen LogP contribution is -2.40. The van der Waals surface area contributed by atoms with Crippen molar-refractivity contribution in [3.63, 3.8) is 0 Å². The molecule has 0 bridgehead atoms. The SMILES string of the molecule is O=C(Nc1ccccc1-c1cn2c(n1)CCCC2)C1COc2ccccc2O1. The normalized spacial score (nSPS) is 17.6. The van der Waals surface area contributed by atoms with E-state index in [9.17, 15) is 4.79 Å². The van der Waals surface area contributed by atoms with Gasteiger partial charge in [0.15, 0.2) is 11.5 Å². The van der Waals surface area contributed by atoms with E-state index in [0.29, 0.717) is 11.5 Å². The second-order valence-electron chi connectivity index (χ2n) is 7.09. The molecular weight excluding hydrogens is 354 g/mol. The van der Waals surface area contributed by atoms with Crippen molar-refractivity contribution in [3.05, 3.63) is 60.6 Å². The topological polar surface area (TPSA) is 65.4 Å². The van der Waals surface area contributed by atoms with E-state index in [-0.39, 0.29) is 12.5 Å². The summed E-state index contributed by atoms with van der Waals surface area (Å²) in [4.78, 5) is 17.6. The number of carbonyl (C=O) groups excluding carboxylic acids is 1. The van der Waals surface area contributed by atoms with Gasteiger partial charge in [0.25, 0.3) is 5.91 Å². The minimum absolute atomic E-state index is 0.184. The molecule has 1 aromatic heterocycles. The Labute approximate surface area is 163 Å². The van der Waals surface area contributed by atoms with Crippen molar-refractivity contribution >= 4 is 11.6 Å². The van der Waals surface area contributed by atoms with Gasteiger partial charge in [0, 0.05) is 24.7 Å². The van der Waals surface area contributed by atoms with Gasteiger partial charge >= 0.3 is 0 Å². The number of para-hydroxylation sites is 3. The fourth-order valence-corrected chi connectivity index (χ4v) is 3.72. The first-order chi connectivity index (χ1) is 13.8. The van der Waals surface area contributed by atoms with Crippen LogP contribution in [0.4, 0.5) is 5.69 Å². The number of nitrogens with zero attached hydrogens (tertiary/aromatic N) is 2. The van der Waals surface area contributed by atoms with E-state index in [1.54, 1.807) is 6.07 Å². The van der Waals surface area contributed by atoms with Crippen molar-refractivity contribution in [2.45, 2.75) is 31.9 Å². The molecular formula is C22H21N3O3. The van der Waals surface area contributed by atoms with Crippen molar-refractivity contribution in [2.24, 2.45) is 0 Å². The smallest absolute Gasteiger partial charge is 0.269 e. The molecule has 0 saturated carbocycles. The maximum absolute atomic E-state index is 12.8. The minimum atomic E-state index is -0.696. The molecule has 28 heavy (non-hydrogen) atoms. The fourth-order valence-electron chi connectivity index (χ4n) is 3.72. The molecule has 1 atom stereocenters. The molecule has 0 fully saturated rings. The van der Waals surface area contributed by atoms with Crippen LogP contribution in [0, 0.1) is 0 Å². The lowest BCUT2D eigenvalue weighted by molar-refractivity contribution is -0.125. The number of anilines is 1. The first kappa shape index (κ1) is 16.9. The number of benzene rings is 2. The van der Waals surface area contributed by atoms with Crippen molar-refractivity contribution in [2.75, 3.05) is 11.9 Å². The largest absolute Gasteiger partial charge is 0.485 e. The van der Waals surface area contributed by atoms with Gasteiger partial charge in [-0.05, 0) is 31.0 Å². The van der Waals surface area contributed by atoms with Crippen LogP contribution in [0.15, 0.2) is 54.7 Å². The average Bonchev–Trinajstić information content (AvgIpc) is 3.18. The van der Waals surface area contributed by atoms with E-state index in [0.717, 1.165) is 35.7 Å². The summed E-state index contributed by atoms with van der Waals surface area (Å²) in [5.41, 5.74) is 2.53. The van der Waals surface area contributed by atoms with E-state index >= 15 is 0 Å². The molecule has 5 rings (SSSR count). The Hall–Kier alpha value is -3.28. The van der Waals surface area contributed by atoms with Crippen LogP contribution in [0.3, 0.4) is 0 Å². The molecule has 6 nitrogen and oxygen atoms in total. The Morgan fingerprint density at radius 3 is 2.79 bits per heavy atom. The van der Waals surface area contributed by atoms with Crippen LogP contribution in [0.2, 0.25) is 0 Å². The zero-order chi connectivity index (χ0) is 18.9. The quantitative estimate of drug-likeness (QED) is 0.759. The van der Waals surface area contributed by atoms with Gasteiger partial charge in [0.05, 0.1) is 11.4 Å². The summed E-state index contributed by atoms with van der Waals surface area (Å²) in [6.45, 7) is 1.19. The number of carbonyl (C=O) groups is 1. The van der Waals surface area contributed by atoms with E-state index < -0.39 is 6.10 Å². The summed E-state index contributed by atoms with van der Waals surface area (Å²) in [6.07, 6.45) is 4.74. The number of aromatic nitrogens is 2. The highest BCUT2D eigenvalue weighted by molar-refractivity contribution is 5.98. The maximum atomic E-state index is 12.8. The summed E-state index contributed by atoms with van der Waals surface area (Å²) in [6, 6.07) is 15.1. The molecule has 3 aromatic rings. The third-order valence-electron chi connectivity index (χ3n) is 5.17. The molecule has 0 aliphatic carbocycles. The first-order valence-corrected chi connectivity index (χ1v) is 9.63. The number of hydrogen-bond donors (Lipinski definition) is 1. The second kappa shape index (κ2) is 7.03. The minimum Gasteiger partial charge on any atom is -0.485 e. The molecule has 2 aliphatic heterocycles. The Morgan fingerprint density at radius 2 is 1.89 bits per heavy atom. The van der Waals surface area contributed by atoms with Crippen LogP contribution in [-0.2, 0) is 17.8 Å². The molecule has 6 heteroatoms. The van der Waals surface area contributed by atoms with Gasteiger partial charge in [-0.3, -0.25) is 4.79 Å². The summed E-state index contributed by atoms with van der Waals surface area (Å²) < 4.78 is 13.7. The van der Waals surface area contributed by atoms with Crippen LogP contribution in [0.5, 0.6) is 11.5 Å². The molecule has 142 valence electrons. The molecule has 0 saturated heterocycles. The Bertz CT molecular complexity index is 1000. The van der Waals surface area contributed by atoms with E-state index in [4.69, 9.17) is 14.5 Å². The number of hydrogen-bond acceptors (Lipinski definition) is 4. The number of amides is 1. The summed E-state index contributed by atoms with van der Waals surface area (Å²) >= 11 is 0. The number of nitrogens with one attached hydrogen (secondary N) is 1. The van der Waals surface area contributed by atoms with E-state index in [1.807, 2.05) is 42.5 Å². The molecule has 1 unspecified atom stereocenters. The van der Waals surface area contributed by atoms with E-state index in [2.05, 4.69) is 16.1 Å². The molecule has 2 aliphatic rings. The molecule has 1 amide bonds. The highest BCUT2D eigenvalue weighted by Crippen LogP contribution is 2.32. The monoisotopic (exact) mass is 375 g/mol. The van der Waals surface area contributed by atoms with Gasteiger partial charge < -0.3 is 19.4 Å². The van der Waals surface area contributed by atoms with Gasteiger partial charge in [0.1, 0.15) is 12.4 Å². The molecule has 0 radical (unpaired) electrons. The number of rotatable bonds is 3.